The highest BCUT2D eigenvalue weighted by Gasteiger charge is 2.28. The predicted molar refractivity (Wildman–Crippen MR) is 211 cm³/mol. The van der Waals surface area contributed by atoms with E-state index in [4.69, 9.17) is 9.97 Å². The van der Waals surface area contributed by atoms with Gasteiger partial charge in [0.25, 0.3) is 0 Å². The Bertz CT molecular complexity index is 2990. The lowest BCUT2D eigenvalue weighted by atomic mass is 10.00. The van der Waals surface area contributed by atoms with Crippen molar-refractivity contribution in [1.29, 1.82) is 0 Å². The molecule has 1 aliphatic rings. The normalized spacial score (nSPS) is 12.2. The first-order valence-electron chi connectivity index (χ1n) is 17.2. The van der Waals surface area contributed by atoms with Crippen LogP contribution in [-0.2, 0) is 0 Å². The van der Waals surface area contributed by atoms with Crippen LogP contribution in [0.1, 0.15) is 0 Å². The smallest absolute Gasteiger partial charge is 0.236 e. The molecular formula is C46H28N4S. The van der Waals surface area contributed by atoms with E-state index in [1.807, 2.05) is 11.8 Å². The van der Waals surface area contributed by atoms with Crippen molar-refractivity contribution in [3.63, 3.8) is 0 Å². The third-order valence-corrected chi connectivity index (χ3v) is 11.3. The molecule has 238 valence electrons. The zero-order chi connectivity index (χ0) is 33.5. The van der Waals surface area contributed by atoms with E-state index in [0.29, 0.717) is 5.95 Å². The maximum atomic E-state index is 5.46. The van der Waals surface area contributed by atoms with Gasteiger partial charge in [0.15, 0.2) is 0 Å². The van der Waals surface area contributed by atoms with Gasteiger partial charge in [0.05, 0.1) is 28.1 Å². The van der Waals surface area contributed by atoms with Crippen LogP contribution >= 0.6 is 11.8 Å². The maximum absolute atomic E-state index is 5.46. The fraction of sp³-hybridized carbons (Fsp3) is 0. The van der Waals surface area contributed by atoms with Crippen molar-refractivity contribution in [1.82, 2.24) is 19.1 Å². The number of para-hydroxylation sites is 3. The Balaban J connectivity index is 1.24. The number of fused-ring (bicyclic) bond motifs is 8. The van der Waals surface area contributed by atoms with Gasteiger partial charge >= 0.3 is 0 Å². The van der Waals surface area contributed by atoms with Crippen LogP contribution in [-0.4, -0.2) is 19.1 Å². The van der Waals surface area contributed by atoms with Gasteiger partial charge < -0.3 is 0 Å². The monoisotopic (exact) mass is 668 g/mol. The number of benzene rings is 7. The van der Waals surface area contributed by atoms with Gasteiger partial charge in [-0.2, -0.15) is 0 Å². The van der Waals surface area contributed by atoms with Crippen LogP contribution in [0.2, 0.25) is 0 Å². The minimum Gasteiger partial charge on any atom is -0.293 e. The second kappa shape index (κ2) is 11.0. The SMILES string of the molecule is c1ccc(-c2ccc(-c3cc(-c4cccc5ccccc45)nc(-n4c5ccccc5c5c6cccc7c6n(c54)-c4ccccc4S7)n3)cc2)cc1. The summed E-state index contributed by atoms with van der Waals surface area (Å²) in [5, 5.41) is 5.98. The summed E-state index contributed by atoms with van der Waals surface area (Å²) >= 11 is 1.84. The van der Waals surface area contributed by atoms with Gasteiger partial charge in [0.1, 0.15) is 5.65 Å². The third-order valence-electron chi connectivity index (χ3n) is 10.1. The molecule has 0 aliphatic carbocycles. The number of hydrogen-bond donors (Lipinski definition) is 0. The van der Waals surface area contributed by atoms with Gasteiger partial charge in [-0.1, -0.05) is 151 Å². The van der Waals surface area contributed by atoms with Gasteiger partial charge in [-0.25, -0.2) is 9.97 Å². The lowest BCUT2D eigenvalue weighted by Gasteiger charge is -2.21. The molecule has 0 bridgehead atoms. The fourth-order valence-corrected chi connectivity index (χ4v) is 8.96. The first-order valence-corrected chi connectivity index (χ1v) is 18.0. The van der Waals surface area contributed by atoms with Crippen molar-refractivity contribution < 1.29 is 0 Å². The summed E-state index contributed by atoms with van der Waals surface area (Å²) in [4.78, 5) is 13.4. The number of hydrogen-bond acceptors (Lipinski definition) is 3. The van der Waals surface area contributed by atoms with Crippen LogP contribution in [0.3, 0.4) is 0 Å². The standard InChI is InChI=1S/C46H28N4S/c1-2-12-29(13-3-1)30-24-26-32(27-25-30)37-28-38(34-18-10-15-31-14-4-5-16-33(31)34)48-46(47-37)50-39-20-7-6-17-35(39)43-36-19-11-23-42-44(36)49(45(43)50)40-21-8-9-22-41(40)51-42/h1-28H. The zero-order valence-electron chi connectivity index (χ0n) is 27.4. The molecule has 0 radical (unpaired) electrons. The van der Waals surface area contributed by atoms with Crippen LogP contribution in [0.15, 0.2) is 180 Å². The first-order chi connectivity index (χ1) is 25.3. The Kier molecular flexibility index (Phi) is 6.15. The van der Waals surface area contributed by atoms with E-state index in [2.05, 4.69) is 179 Å². The van der Waals surface area contributed by atoms with Crippen LogP contribution in [0.4, 0.5) is 0 Å². The maximum Gasteiger partial charge on any atom is 0.236 e. The summed E-state index contributed by atoms with van der Waals surface area (Å²) in [6.07, 6.45) is 0. The van der Waals surface area contributed by atoms with Gasteiger partial charge in [0.2, 0.25) is 5.95 Å². The van der Waals surface area contributed by atoms with Crippen LogP contribution in [0.25, 0.3) is 88.9 Å². The van der Waals surface area contributed by atoms with Crippen molar-refractivity contribution in [2.24, 2.45) is 0 Å². The van der Waals surface area contributed by atoms with Crippen molar-refractivity contribution in [3.8, 4) is 45.3 Å². The summed E-state index contributed by atoms with van der Waals surface area (Å²) in [6.45, 7) is 0. The van der Waals surface area contributed by atoms with Crippen molar-refractivity contribution in [2.45, 2.75) is 9.79 Å². The largest absolute Gasteiger partial charge is 0.293 e. The van der Waals surface area contributed by atoms with Gasteiger partial charge in [0, 0.05) is 37.1 Å². The summed E-state index contributed by atoms with van der Waals surface area (Å²) in [5.41, 5.74) is 10.8. The average Bonchev–Trinajstić information content (AvgIpc) is 3.72. The molecule has 0 unspecified atom stereocenters. The third kappa shape index (κ3) is 4.28. The number of nitrogens with zero attached hydrogens (tertiary/aromatic N) is 4. The Morgan fingerprint density at radius 3 is 2.00 bits per heavy atom. The molecule has 11 rings (SSSR count). The highest BCUT2D eigenvalue weighted by molar-refractivity contribution is 7.99. The Morgan fingerprint density at radius 2 is 1.10 bits per heavy atom. The number of rotatable bonds is 4. The van der Waals surface area contributed by atoms with E-state index in [9.17, 15) is 0 Å². The number of aromatic nitrogens is 4. The molecule has 7 aromatic carbocycles. The molecule has 4 nitrogen and oxygen atoms in total. The molecule has 4 heterocycles. The topological polar surface area (TPSA) is 35.6 Å². The molecule has 1 aliphatic heterocycles. The molecule has 0 amide bonds. The predicted octanol–water partition coefficient (Wildman–Crippen LogP) is 12.1. The van der Waals surface area contributed by atoms with Crippen LogP contribution in [0.5, 0.6) is 0 Å². The zero-order valence-corrected chi connectivity index (χ0v) is 28.2. The molecule has 0 saturated carbocycles. The lowest BCUT2D eigenvalue weighted by molar-refractivity contribution is 0.954. The minimum atomic E-state index is 0.644. The molecule has 3 aromatic heterocycles. The van der Waals surface area contributed by atoms with Gasteiger partial charge in [-0.15, -0.1) is 0 Å². The van der Waals surface area contributed by atoms with E-state index < -0.39 is 0 Å². The molecule has 0 spiro atoms. The highest BCUT2D eigenvalue weighted by atomic mass is 32.2. The van der Waals surface area contributed by atoms with E-state index in [0.717, 1.165) is 39.1 Å². The molecule has 5 heteroatoms. The highest BCUT2D eigenvalue weighted by Crippen LogP contribution is 2.49. The molecule has 0 saturated heterocycles. The first kappa shape index (κ1) is 28.4. The van der Waals surface area contributed by atoms with E-state index in [1.54, 1.807) is 0 Å². The Hall–Kier alpha value is -6.43. The quantitative estimate of drug-likeness (QED) is 0.187. The molecular weight excluding hydrogens is 641 g/mol. The van der Waals surface area contributed by atoms with E-state index in [-0.39, 0.29) is 0 Å². The molecule has 0 N–H and O–H groups in total. The average molecular weight is 669 g/mol. The summed E-state index contributed by atoms with van der Waals surface area (Å²) < 4.78 is 4.73. The van der Waals surface area contributed by atoms with Gasteiger partial charge in [-0.3, -0.25) is 9.13 Å². The minimum absolute atomic E-state index is 0.644. The molecule has 0 atom stereocenters. The fourth-order valence-electron chi connectivity index (χ4n) is 7.86. The van der Waals surface area contributed by atoms with Crippen molar-refractivity contribution in [3.05, 3.63) is 170 Å². The summed E-state index contributed by atoms with van der Waals surface area (Å²) in [6, 6.07) is 60.5. The Morgan fingerprint density at radius 1 is 0.451 bits per heavy atom. The summed E-state index contributed by atoms with van der Waals surface area (Å²) in [5.74, 6) is 0.644. The second-order valence-electron chi connectivity index (χ2n) is 13.0. The van der Waals surface area contributed by atoms with Crippen molar-refractivity contribution >= 4 is 55.4 Å². The molecule has 51 heavy (non-hydrogen) atoms. The van der Waals surface area contributed by atoms with E-state index >= 15 is 0 Å². The van der Waals surface area contributed by atoms with Crippen molar-refractivity contribution in [2.75, 3.05) is 0 Å². The van der Waals surface area contributed by atoms with Crippen LogP contribution in [0, 0.1) is 0 Å². The van der Waals surface area contributed by atoms with Gasteiger partial charge in [-0.05, 0) is 52.2 Å². The molecule has 0 fully saturated rings. The lowest BCUT2D eigenvalue weighted by Crippen LogP contribution is -2.09. The summed E-state index contributed by atoms with van der Waals surface area (Å²) in [7, 11) is 0. The van der Waals surface area contributed by atoms with Crippen LogP contribution < -0.4 is 0 Å². The van der Waals surface area contributed by atoms with E-state index in [1.165, 1.54) is 53.7 Å². The second-order valence-corrected chi connectivity index (χ2v) is 14.1. The molecule has 10 aromatic rings. The Labute approximate surface area is 298 Å².